The number of rotatable bonds is 5. The van der Waals surface area contributed by atoms with Gasteiger partial charge < -0.3 is 4.74 Å². The topological polar surface area (TPSA) is 26.3 Å². The first kappa shape index (κ1) is 20.7. The van der Waals surface area contributed by atoms with Gasteiger partial charge in [0.15, 0.2) is 2.14 Å². The number of ether oxygens (including phenoxy) is 1. The zero-order valence-electron chi connectivity index (χ0n) is 12.8. The second kappa shape index (κ2) is 8.63. The summed E-state index contributed by atoms with van der Waals surface area (Å²) in [6, 6.07) is 7.86. The SMILES string of the molecule is CC(C)(C)CC[C@H](C(=O)OCC(Br)(Br)Br)c1ccc(Br)cc1. The molecule has 0 unspecified atom stereocenters. The standard InChI is InChI=1S/C16H20Br4O2/c1-15(2,3)9-8-13(11-4-6-12(17)7-5-11)14(21)22-10-16(18,19)20/h4-7,13H,8-10H2,1-3H3/t13-/m0/s1. The van der Waals surface area contributed by atoms with Gasteiger partial charge >= 0.3 is 5.97 Å². The van der Waals surface area contributed by atoms with E-state index < -0.39 is 2.14 Å². The monoisotopic (exact) mass is 560 g/mol. The lowest BCUT2D eigenvalue weighted by atomic mass is 9.84. The van der Waals surface area contributed by atoms with E-state index in [0.717, 1.165) is 22.9 Å². The van der Waals surface area contributed by atoms with Gasteiger partial charge in [-0.15, -0.1) is 0 Å². The molecule has 0 amide bonds. The molecule has 6 heteroatoms. The summed E-state index contributed by atoms with van der Waals surface area (Å²) in [5.74, 6) is -0.448. The van der Waals surface area contributed by atoms with E-state index in [9.17, 15) is 4.79 Å². The first-order valence-corrected chi connectivity index (χ1v) is 10.1. The van der Waals surface area contributed by atoms with Crippen LogP contribution in [0.2, 0.25) is 0 Å². The van der Waals surface area contributed by atoms with Crippen LogP contribution in [-0.4, -0.2) is 14.7 Å². The molecule has 1 aromatic carbocycles. The summed E-state index contributed by atoms with van der Waals surface area (Å²) >= 11 is 13.5. The average Bonchev–Trinajstić information content (AvgIpc) is 2.36. The van der Waals surface area contributed by atoms with E-state index in [1.165, 1.54) is 0 Å². The number of hydrogen-bond acceptors (Lipinski definition) is 2. The van der Waals surface area contributed by atoms with Crippen LogP contribution < -0.4 is 0 Å². The highest BCUT2D eigenvalue weighted by Gasteiger charge is 2.27. The molecule has 0 saturated heterocycles. The van der Waals surface area contributed by atoms with Crippen LogP contribution in [0.3, 0.4) is 0 Å². The maximum Gasteiger partial charge on any atom is 0.313 e. The molecular formula is C16H20Br4O2. The molecule has 1 atom stereocenters. The number of alkyl halides is 3. The van der Waals surface area contributed by atoms with Crippen molar-refractivity contribution in [2.24, 2.45) is 5.41 Å². The molecule has 0 aliphatic rings. The molecular weight excluding hydrogens is 544 g/mol. The number of esters is 1. The lowest BCUT2D eigenvalue weighted by Crippen LogP contribution is -2.22. The number of halogens is 4. The molecule has 0 N–H and O–H groups in total. The average molecular weight is 564 g/mol. The summed E-state index contributed by atoms with van der Waals surface area (Å²) in [5, 5.41) is 0. The molecule has 1 aromatic rings. The van der Waals surface area contributed by atoms with Gasteiger partial charge in [0.2, 0.25) is 0 Å². The van der Waals surface area contributed by atoms with Gasteiger partial charge in [-0.1, -0.05) is 96.6 Å². The van der Waals surface area contributed by atoms with Crippen molar-refractivity contribution in [1.29, 1.82) is 0 Å². The quantitative estimate of drug-likeness (QED) is 0.293. The minimum atomic E-state index is -0.572. The Hall–Kier alpha value is 0.610. The van der Waals surface area contributed by atoms with Crippen molar-refractivity contribution in [3.05, 3.63) is 34.3 Å². The Labute approximate surface area is 166 Å². The molecule has 0 radical (unpaired) electrons. The molecule has 2 nitrogen and oxygen atoms in total. The second-order valence-corrected chi connectivity index (χ2v) is 14.6. The Morgan fingerprint density at radius 3 is 2.14 bits per heavy atom. The first-order chi connectivity index (χ1) is 9.98. The Kier molecular flexibility index (Phi) is 8.10. The molecule has 1 rings (SSSR count). The molecule has 0 aromatic heterocycles. The van der Waals surface area contributed by atoms with Gasteiger partial charge in [0.05, 0.1) is 5.92 Å². The molecule has 22 heavy (non-hydrogen) atoms. The zero-order valence-corrected chi connectivity index (χ0v) is 19.2. The van der Waals surface area contributed by atoms with E-state index in [1.54, 1.807) is 0 Å². The molecule has 0 heterocycles. The van der Waals surface area contributed by atoms with Crippen molar-refractivity contribution >= 4 is 69.7 Å². The fourth-order valence-corrected chi connectivity index (χ4v) is 2.55. The van der Waals surface area contributed by atoms with Crippen molar-refractivity contribution in [1.82, 2.24) is 0 Å². The highest BCUT2D eigenvalue weighted by molar-refractivity contribution is 9.39. The predicted octanol–water partition coefficient (Wildman–Crippen LogP) is 6.74. The van der Waals surface area contributed by atoms with Gasteiger partial charge in [-0.3, -0.25) is 4.79 Å². The number of hydrogen-bond donors (Lipinski definition) is 0. The Balaban J connectivity index is 2.86. The molecule has 0 fully saturated rings. The van der Waals surface area contributed by atoms with E-state index in [-0.39, 0.29) is 23.9 Å². The van der Waals surface area contributed by atoms with Crippen LogP contribution in [0.4, 0.5) is 0 Å². The summed E-state index contributed by atoms with van der Waals surface area (Å²) in [6.45, 7) is 6.74. The predicted molar refractivity (Wildman–Crippen MR) is 106 cm³/mol. The largest absolute Gasteiger partial charge is 0.462 e. The van der Waals surface area contributed by atoms with Crippen LogP contribution in [0.25, 0.3) is 0 Å². The minimum Gasteiger partial charge on any atom is -0.462 e. The lowest BCUT2D eigenvalue weighted by molar-refractivity contribution is -0.145. The van der Waals surface area contributed by atoms with Crippen molar-refractivity contribution < 1.29 is 9.53 Å². The number of carbonyl (C=O) groups is 1. The number of carbonyl (C=O) groups excluding carboxylic acids is 1. The van der Waals surface area contributed by atoms with Crippen molar-refractivity contribution in [3.63, 3.8) is 0 Å². The van der Waals surface area contributed by atoms with E-state index in [0.29, 0.717) is 0 Å². The minimum absolute atomic E-state index is 0.178. The fourth-order valence-electron chi connectivity index (χ4n) is 1.95. The van der Waals surface area contributed by atoms with Gasteiger partial charge in [-0.05, 0) is 36.0 Å². The Morgan fingerprint density at radius 2 is 1.68 bits per heavy atom. The first-order valence-electron chi connectivity index (χ1n) is 6.97. The van der Waals surface area contributed by atoms with Gasteiger partial charge in [0.1, 0.15) is 6.61 Å². The van der Waals surface area contributed by atoms with Crippen LogP contribution in [0.5, 0.6) is 0 Å². The zero-order chi connectivity index (χ0) is 17.0. The Morgan fingerprint density at radius 1 is 1.14 bits per heavy atom. The molecule has 0 saturated carbocycles. The summed E-state index contributed by atoms with van der Waals surface area (Å²) in [6.07, 6.45) is 1.72. The third-order valence-electron chi connectivity index (χ3n) is 3.12. The van der Waals surface area contributed by atoms with Crippen molar-refractivity contribution in [2.45, 2.75) is 41.7 Å². The fraction of sp³-hybridized carbons (Fsp3) is 0.562. The maximum atomic E-state index is 12.5. The third-order valence-corrected chi connectivity index (χ3v) is 4.33. The maximum absolute atomic E-state index is 12.5. The van der Waals surface area contributed by atoms with Gasteiger partial charge in [-0.2, -0.15) is 0 Å². The van der Waals surface area contributed by atoms with Crippen molar-refractivity contribution in [3.8, 4) is 0 Å². The third kappa shape index (κ3) is 8.46. The summed E-state index contributed by atoms with van der Waals surface area (Å²) in [7, 11) is 0. The van der Waals surface area contributed by atoms with Gasteiger partial charge in [0.25, 0.3) is 0 Å². The normalized spacial score (nSPS) is 13.8. The molecule has 0 aliphatic heterocycles. The van der Waals surface area contributed by atoms with Gasteiger partial charge in [-0.25, -0.2) is 0 Å². The second-order valence-electron chi connectivity index (χ2n) is 6.43. The van der Waals surface area contributed by atoms with Crippen LogP contribution in [-0.2, 0) is 9.53 Å². The summed E-state index contributed by atoms with van der Waals surface area (Å²) in [4.78, 5) is 12.5. The smallest absolute Gasteiger partial charge is 0.313 e. The lowest BCUT2D eigenvalue weighted by Gasteiger charge is -2.23. The molecule has 0 aliphatic carbocycles. The van der Waals surface area contributed by atoms with Gasteiger partial charge in [0, 0.05) is 4.47 Å². The van der Waals surface area contributed by atoms with E-state index in [4.69, 9.17) is 4.74 Å². The van der Waals surface area contributed by atoms with Crippen LogP contribution >= 0.6 is 63.7 Å². The van der Waals surface area contributed by atoms with Crippen molar-refractivity contribution in [2.75, 3.05) is 6.61 Å². The van der Waals surface area contributed by atoms with Crippen LogP contribution in [0, 0.1) is 5.41 Å². The Bertz CT molecular complexity index is 486. The van der Waals surface area contributed by atoms with Crippen LogP contribution in [0.15, 0.2) is 28.7 Å². The van der Waals surface area contributed by atoms with E-state index >= 15 is 0 Å². The van der Waals surface area contributed by atoms with E-state index in [1.807, 2.05) is 24.3 Å². The molecule has 124 valence electrons. The highest BCUT2D eigenvalue weighted by Crippen LogP contribution is 2.35. The number of benzene rings is 1. The molecule has 0 bridgehead atoms. The summed E-state index contributed by atoms with van der Waals surface area (Å²) in [5.41, 5.74) is 1.17. The van der Waals surface area contributed by atoms with E-state index in [2.05, 4.69) is 84.5 Å². The summed E-state index contributed by atoms with van der Waals surface area (Å²) < 4.78 is 5.85. The van der Waals surface area contributed by atoms with Crippen LogP contribution in [0.1, 0.15) is 45.1 Å². The highest BCUT2D eigenvalue weighted by atomic mass is 80.0. The molecule has 0 spiro atoms.